The lowest BCUT2D eigenvalue weighted by molar-refractivity contribution is -0.140. The Morgan fingerprint density at radius 2 is 1.90 bits per heavy atom. The molecule has 0 aromatic heterocycles. The van der Waals surface area contributed by atoms with Crippen molar-refractivity contribution in [2.45, 2.75) is 19.3 Å². The highest BCUT2D eigenvalue weighted by Gasteiger charge is 2.17. The predicted octanol–water partition coefficient (Wildman–Crippen LogP) is 1.44. The SMILES string of the molecule is COC(=O)CCCS(=O)(=O)N(C)CCc1ccccc1. The molecule has 112 valence electrons. The molecular formula is C14H21NO4S. The number of esters is 1. The predicted molar refractivity (Wildman–Crippen MR) is 77.8 cm³/mol. The van der Waals surface area contributed by atoms with Crippen LogP contribution >= 0.6 is 0 Å². The Bertz CT molecular complexity index is 513. The Hall–Kier alpha value is -1.40. The lowest BCUT2D eigenvalue weighted by Gasteiger charge is -2.16. The van der Waals surface area contributed by atoms with Gasteiger partial charge in [-0.3, -0.25) is 4.79 Å². The van der Waals surface area contributed by atoms with Crippen molar-refractivity contribution in [2.75, 3.05) is 26.5 Å². The average Bonchev–Trinajstić information content (AvgIpc) is 2.45. The maximum Gasteiger partial charge on any atom is 0.305 e. The molecule has 0 saturated carbocycles. The number of carbonyl (C=O) groups excluding carboxylic acids is 1. The van der Waals surface area contributed by atoms with Crippen LogP contribution in [0.15, 0.2) is 30.3 Å². The molecule has 0 aliphatic carbocycles. The van der Waals surface area contributed by atoms with Crippen LogP contribution in [0.4, 0.5) is 0 Å². The molecule has 0 radical (unpaired) electrons. The molecule has 6 heteroatoms. The minimum absolute atomic E-state index is 0.0343. The first-order valence-corrected chi connectivity index (χ1v) is 8.11. The van der Waals surface area contributed by atoms with Crippen LogP contribution in [0.2, 0.25) is 0 Å². The summed E-state index contributed by atoms with van der Waals surface area (Å²) in [5, 5.41) is 0. The van der Waals surface area contributed by atoms with Crippen LogP contribution in [0.1, 0.15) is 18.4 Å². The molecule has 20 heavy (non-hydrogen) atoms. The van der Waals surface area contributed by atoms with Gasteiger partial charge in [0.2, 0.25) is 10.0 Å². The van der Waals surface area contributed by atoms with Gasteiger partial charge in [-0.05, 0) is 18.4 Å². The molecule has 1 rings (SSSR count). The molecule has 5 nitrogen and oxygen atoms in total. The highest BCUT2D eigenvalue weighted by atomic mass is 32.2. The molecular weight excluding hydrogens is 278 g/mol. The molecule has 1 aromatic carbocycles. The number of sulfonamides is 1. The highest BCUT2D eigenvalue weighted by molar-refractivity contribution is 7.89. The summed E-state index contributed by atoms with van der Waals surface area (Å²) >= 11 is 0. The standard InChI is InChI=1S/C14H21NO4S/c1-15(11-10-13-7-4-3-5-8-13)20(17,18)12-6-9-14(16)19-2/h3-5,7-8H,6,9-12H2,1-2H3. The monoisotopic (exact) mass is 299 g/mol. The molecule has 1 aromatic rings. The fourth-order valence-electron chi connectivity index (χ4n) is 1.73. The number of nitrogens with zero attached hydrogens (tertiary/aromatic N) is 1. The van der Waals surface area contributed by atoms with Crippen LogP contribution in [-0.2, 0) is 26.0 Å². The zero-order valence-electron chi connectivity index (χ0n) is 11.9. The summed E-state index contributed by atoms with van der Waals surface area (Å²) in [6.07, 6.45) is 1.08. The molecule has 0 aliphatic heterocycles. The Morgan fingerprint density at radius 3 is 2.50 bits per heavy atom. The van der Waals surface area contributed by atoms with Crippen molar-refractivity contribution < 1.29 is 17.9 Å². The number of methoxy groups -OCH3 is 1. The van der Waals surface area contributed by atoms with Gasteiger partial charge in [-0.25, -0.2) is 12.7 Å². The number of carbonyl (C=O) groups is 1. The molecule has 0 saturated heterocycles. The Labute approximate surface area is 120 Å². The fourth-order valence-corrected chi connectivity index (χ4v) is 2.92. The Balaban J connectivity index is 2.40. The molecule has 0 spiro atoms. The molecule has 0 fully saturated rings. The lowest BCUT2D eigenvalue weighted by atomic mass is 10.2. The van der Waals surface area contributed by atoms with Gasteiger partial charge in [0.1, 0.15) is 0 Å². The zero-order valence-corrected chi connectivity index (χ0v) is 12.7. The highest BCUT2D eigenvalue weighted by Crippen LogP contribution is 2.06. The van der Waals surface area contributed by atoms with Gasteiger partial charge >= 0.3 is 5.97 Å². The maximum atomic E-state index is 12.0. The normalized spacial score (nSPS) is 11.6. The number of hydrogen-bond acceptors (Lipinski definition) is 4. The molecule has 0 aliphatic rings. The van der Waals surface area contributed by atoms with Crippen LogP contribution in [0.25, 0.3) is 0 Å². The first-order chi connectivity index (χ1) is 9.45. The van der Waals surface area contributed by atoms with E-state index in [1.807, 2.05) is 30.3 Å². The summed E-state index contributed by atoms with van der Waals surface area (Å²) in [4.78, 5) is 10.9. The van der Waals surface area contributed by atoms with Crippen molar-refractivity contribution in [3.8, 4) is 0 Å². The smallest absolute Gasteiger partial charge is 0.305 e. The van der Waals surface area contributed by atoms with Crippen LogP contribution in [0.5, 0.6) is 0 Å². The quantitative estimate of drug-likeness (QED) is 0.681. The van der Waals surface area contributed by atoms with E-state index in [-0.39, 0.29) is 24.6 Å². The molecule has 0 unspecified atom stereocenters. The molecule has 0 bridgehead atoms. The van der Waals surface area contributed by atoms with Crippen LogP contribution in [0, 0.1) is 0 Å². The Morgan fingerprint density at radius 1 is 1.25 bits per heavy atom. The van der Waals surface area contributed by atoms with E-state index in [2.05, 4.69) is 4.74 Å². The summed E-state index contributed by atoms with van der Waals surface area (Å²) in [5.74, 6) is -0.417. The second-order valence-electron chi connectivity index (χ2n) is 4.55. The van der Waals surface area contributed by atoms with Gasteiger partial charge in [0.15, 0.2) is 0 Å². The van der Waals surface area contributed by atoms with Crippen molar-refractivity contribution in [3.05, 3.63) is 35.9 Å². The first kappa shape index (κ1) is 16.7. The number of rotatable bonds is 8. The molecule has 0 heterocycles. The third-order valence-corrected chi connectivity index (χ3v) is 4.98. The number of ether oxygens (including phenoxy) is 1. The summed E-state index contributed by atoms with van der Waals surface area (Å²) in [7, 11) is -0.448. The minimum Gasteiger partial charge on any atom is -0.469 e. The number of benzene rings is 1. The van der Waals surface area contributed by atoms with E-state index >= 15 is 0 Å². The summed E-state index contributed by atoms with van der Waals surface area (Å²) in [6, 6.07) is 9.73. The van der Waals surface area contributed by atoms with E-state index in [1.54, 1.807) is 7.05 Å². The van der Waals surface area contributed by atoms with Crippen molar-refractivity contribution in [2.24, 2.45) is 0 Å². The Kier molecular flexibility index (Phi) is 6.67. The summed E-state index contributed by atoms with van der Waals surface area (Å²) in [6.45, 7) is 0.435. The van der Waals surface area contributed by atoms with Gasteiger partial charge in [0.05, 0.1) is 12.9 Å². The third kappa shape index (κ3) is 5.71. The topological polar surface area (TPSA) is 63.7 Å². The second kappa shape index (κ2) is 8.01. The number of hydrogen-bond donors (Lipinski definition) is 0. The van der Waals surface area contributed by atoms with Crippen LogP contribution in [0.3, 0.4) is 0 Å². The third-order valence-electron chi connectivity index (χ3n) is 3.04. The van der Waals surface area contributed by atoms with Crippen molar-refractivity contribution >= 4 is 16.0 Å². The fraction of sp³-hybridized carbons (Fsp3) is 0.500. The molecule has 0 atom stereocenters. The van der Waals surface area contributed by atoms with Crippen molar-refractivity contribution in [3.63, 3.8) is 0 Å². The largest absolute Gasteiger partial charge is 0.469 e. The zero-order chi connectivity index (χ0) is 15.0. The summed E-state index contributed by atoms with van der Waals surface area (Å²) < 4.78 is 29.8. The minimum atomic E-state index is -3.31. The van der Waals surface area contributed by atoms with Crippen molar-refractivity contribution in [1.29, 1.82) is 0 Å². The summed E-state index contributed by atoms with van der Waals surface area (Å²) in [5.41, 5.74) is 1.10. The van der Waals surface area contributed by atoms with Crippen molar-refractivity contribution in [1.82, 2.24) is 4.31 Å². The van der Waals surface area contributed by atoms with Crippen LogP contribution < -0.4 is 0 Å². The maximum absolute atomic E-state index is 12.0. The van der Waals surface area contributed by atoms with Crippen LogP contribution in [-0.4, -0.2) is 45.1 Å². The van der Waals surface area contributed by atoms with E-state index in [9.17, 15) is 13.2 Å². The van der Waals surface area contributed by atoms with Gasteiger partial charge in [-0.2, -0.15) is 0 Å². The van der Waals surface area contributed by atoms with Gasteiger partial charge in [-0.15, -0.1) is 0 Å². The van der Waals surface area contributed by atoms with E-state index in [0.717, 1.165) is 5.56 Å². The molecule has 0 N–H and O–H groups in total. The first-order valence-electron chi connectivity index (χ1n) is 6.50. The van der Waals surface area contributed by atoms with E-state index < -0.39 is 10.0 Å². The van der Waals surface area contributed by atoms with Gasteiger partial charge < -0.3 is 4.74 Å². The average molecular weight is 299 g/mol. The van der Waals surface area contributed by atoms with Gasteiger partial charge in [-0.1, -0.05) is 30.3 Å². The number of likely N-dealkylation sites (N-methyl/N-ethyl adjacent to an activating group) is 1. The van der Waals surface area contributed by atoms with E-state index in [4.69, 9.17) is 0 Å². The van der Waals surface area contributed by atoms with E-state index in [0.29, 0.717) is 13.0 Å². The van der Waals surface area contributed by atoms with Gasteiger partial charge in [0, 0.05) is 20.0 Å². The van der Waals surface area contributed by atoms with Gasteiger partial charge in [0.25, 0.3) is 0 Å². The second-order valence-corrected chi connectivity index (χ2v) is 6.75. The lowest BCUT2D eigenvalue weighted by Crippen LogP contribution is -2.31. The molecule has 0 amide bonds. The van der Waals surface area contributed by atoms with E-state index in [1.165, 1.54) is 11.4 Å².